The number of likely N-dealkylation sites (tertiary alicyclic amines) is 1. The summed E-state index contributed by atoms with van der Waals surface area (Å²) in [5.74, 6) is -1.08. The first-order chi connectivity index (χ1) is 18.0. The highest BCUT2D eigenvalue weighted by molar-refractivity contribution is 5.94. The van der Waals surface area contributed by atoms with E-state index in [2.05, 4.69) is 16.4 Å². The molecule has 1 saturated heterocycles. The summed E-state index contributed by atoms with van der Waals surface area (Å²) in [6.07, 6.45) is 4.85. The number of halogens is 1. The van der Waals surface area contributed by atoms with Crippen LogP contribution < -0.4 is 5.48 Å². The second-order valence-electron chi connectivity index (χ2n) is 9.42. The molecule has 0 saturated carbocycles. The first-order valence-electron chi connectivity index (χ1n) is 12.4. The zero-order valence-electron chi connectivity index (χ0n) is 20.3. The molecule has 9 heteroatoms. The molecule has 8 nitrogen and oxygen atoms in total. The van der Waals surface area contributed by atoms with Gasteiger partial charge in [0.15, 0.2) is 0 Å². The van der Waals surface area contributed by atoms with Crippen LogP contribution in [-0.2, 0) is 11.2 Å². The van der Waals surface area contributed by atoms with Crippen LogP contribution in [-0.4, -0.2) is 43.5 Å². The van der Waals surface area contributed by atoms with Gasteiger partial charge in [-0.3, -0.25) is 14.8 Å². The highest BCUT2D eigenvalue weighted by Gasteiger charge is 2.31. The first-order valence-corrected chi connectivity index (χ1v) is 12.4. The molecule has 1 unspecified atom stereocenters. The van der Waals surface area contributed by atoms with Crippen molar-refractivity contribution in [2.24, 2.45) is 0 Å². The van der Waals surface area contributed by atoms with Gasteiger partial charge in [-0.05, 0) is 66.3 Å². The Bertz CT molecular complexity index is 1400. The largest absolute Gasteiger partial charge is 0.330 e. The molecular weight excluding hydrogens is 473 g/mol. The van der Waals surface area contributed by atoms with Crippen molar-refractivity contribution in [3.05, 3.63) is 95.6 Å². The van der Waals surface area contributed by atoms with Crippen molar-refractivity contribution in [3.63, 3.8) is 0 Å². The SMILES string of the molecule is O=C(C[C@@H](Cc1ccc2ccccc2c1)n1cc(C2CCCCN2C(=O)c2ccc(F)cc2)nn1)NO. The molecular formula is C28H28FN5O3. The number of benzene rings is 3. The highest BCUT2D eigenvalue weighted by Crippen LogP contribution is 2.32. The summed E-state index contributed by atoms with van der Waals surface area (Å²) in [5, 5.41) is 20.1. The molecule has 2 amide bonds. The van der Waals surface area contributed by atoms with Crippen LogP contribution >= 0.6 is 0 Å². The quantitative estimate of drug-likeness (QED) is 0.284. The second kappa shape index (κ2) is 10.9. The zero-order chi connectivity index (χ0) is 25.8. The maximum atomic E-state index is 13.4. The van der Waals surface area contributed by atoms with E-state index >= 15 is 0 Å². The van der Waals surface area contributed by atoms with Gasteiger partial charge in [0, 0.05) is 12.1 Å². The van der Waals surface area contributed by atoms with Crippen molar-refractivity contribution < 1.29 is 19.2 Å². The summed E-state index contributed by atoms with van der Waals surface area (Å²) >= 11 is 0. The van der Waals surface area contributed by atoms with E-state index in [1.165, 1.54) is 24.3 Å². The normalized spacial score (nSPS) is 16.5. The number of carbonyl (C=O) groups excluding carboxylic acids is 2. The molecule has 190 valence electrons. The Balaban J connectivity index is 1.40. The Morgan fingerprint density at radius 2 is 1.84 bits per heavy atom. The first kappa shape index (κ1) is 24.6. The van der Waals surface area contributed by atoms with E-state index in [1.54, 1.807) is 21.3 Å². The van der Waals surface area contributed by atoms with Crippen molar-refractivity contribution in [1.29, 1.82) is 0 Å². The fourth-order valence-corrected chi connectivity index (χ4v) is 5.02. The van der Waals surface area contributed by atoms with Gasteiger partial charge in [0.1, 0.15) is 11.5 Å². The number of hydrogen-bond donors (Lipinski definition) is 2. The molecule has 1 aliphatic rings. The molecule has 4 aromatic rings. The minimum atomic E-state index is -0.520. The molecule has 0 bridgehead atoms. The van der Waals surface area contributed by atoms with E-state index in [1.807, 2.05) is 36.4 Å². The van der Waals surface area contributed by atoms with Gasteiger partial charge in [-0.25, -0.2) is 14.6 Å². The summed E-state index contributed by atoms with van der Waals surface area (Å²) in [7, 11) is 0. The molecule has 2 atom stereocenters. The van der Waals surface area contributed by atoms with Gasteiger partial charge in [0.25, 0.3) is 5.91 Å². The van der Waals surface area contributed by atoms with Crippen molar-refractivity contribution in [2.75, 3.05) is 6.54 Å². The maximum absolute atomic E-state index is 13.4. The van der Waals surface area contributed by atoms with Crippen molar-refractivity contribution in [3.8, 4) is 0 Å². The van der Waals surface area contributed by atoms with Gasteiger partial charge in [-0.15, -0.1) is 5.10 Å². The number of fused-ring (bicyclic) bond motifs is 1. The van der Waals surface area contributed by atoms with Crippen molar-refractivity contribution >= 4 is 22.6 Å². The molecule has 0 spiro atoms. The number of rotatable bonds is 7. The third kappa shape index (κ3) is 5.51. The molecule has 37 heavy (non-hydrogen) atoms. The van der Waals surface area contributed by atoms with Gasteiger partial charge < -0.3 is 4.90 Å². The Morgan fingerprint density at radius 1 is 1.05 bits per heavy atom. The summed E-state index contributed by atoms with van der Waals surface area (Å²) in [6, 6.07) is 19.1. The highest BCUT2D eigenvalue weighted by atomic mass is 19.1. The monoisotopic (exact) mass is 501 g/mol. The van der Waals surface area contributed by atoms with E-state index in [9.17, 15) is 14.0 Å². The lowest BCUT2D eigenvalue weighted by Crippen LogP contribution is -2.38. The van der Waals surface area contributed by atoms with Crippen LogP contribution in [0.4, 0.5) is 4.39 Å². The minimum Gasteiger partial charge on any atom is -0.330 e. The van der Waals surface area contributed by atoms with Crippen LogP contribution in [0.3, 0.4) is 0 Å². The molecule has 1 fully saturated rings. The lowest BCUT2D eigenvalue weighted by atomic mass is 9.98. The standard InChI is InChI=1S/C28H28FN5O3/c29-23-12-10-21(11-13-23)28(36)33-14-4-3-7-26(33)25-18-34(32-30-25)24(17-27(35)31-37)16-19-8-9-20-5-1-2-6-22(20)15-19/h1-2,5-6,8-13,15,18,24,26,37H,3-4,7,14,16-17H2,(H,31,35)/t24-,26?/m1/s1. The van der Waals surface area contributed by atoms with E-state index in [0.717, 1.165) is 35.6 Å². The van der Waals surface area contributed by atoms with Crippen LogP contribution in [0.2, 0.25) is 0 Å². The fourth-order valence-electron chi connectivity index (χ4n) is 5.02. The summed E-state index contributed by atoms with van der Waals surface area (Å²) in [4.78, 5) is 27.1. The third-order valence-electron chi connectivity index (χ3n) is 6.93. The van der Waals surface area contributed by atoms with E-state index < -0.39 is 5.91 Å². The van der Waals surface area contributed by atoms with E-state index in [4.69, 9.17) is 5.21 Å². The van der Waals surface area contributed by atoms with Gasteiger partial charge in [-0.2, -0.15) is 0 Å². The summed E-state index contributed by atoms with van der Waals surface area (Å²) < 4.78 is 15.0. The number of nitrogens with zero attached hydrogens (tertiary/aromatic N) is 4. The molecule has 2 heterocycles. The van der Waals surface area contributed by atoms with Gasteiger partial charge >= 0.3 is 0 Å². The average Bonchev–Trinajstić information content (AvgIpc) is 3.43. The lowest BCUT2D eigenvalue weighted by molar-refractivity contribution is -0.130. The minimum absolute atomic E-state index is 0.00895. The number of piperidine rings is 1. The Kier molecular flexibility index (Phi) is 7.23. The lowest BCUT2D eigenvalue weighted by Gasteiger charge is -2.34. The number of aromatic nitrogens is 3. The van der Waals surface area contributed by atoms with Crippen LogP contribution in [0, 0.1) is 5.82 Å². The predicted molar refractivity (Wildman–Crippen MR) is 135 cm³/mol. The van der Waals surface area contributed by atoms with Crippen molar-refractivity contribution in [2.45, 2.75) is 44.2 Å². The maximum Gasteiger partial charge on any atom is 0.254 e. The number of hydroxylamine groups is 1. The Labute approximate surface area is 213 Å². The average molecular weight is 502 g/mol. The van der Waals surface area contributed by atoms with Crippen LogP contribution in [0.1, 0.15) is 59.4 Å². The molecule has 1 aliphatic heterocycles. The smallest absolute Gasteiger partial charge is 0.254 e. The van der Waals surface area contributed by atoms with Crippen molar-refractivity contribution in [1.82, 2.24) is 25.4 Å². The third-order valence-corrected chi connectivity index (χ3v) is 6.93. The molecule has 1 aromatic heterocycles. The second-order valence-corrected chi connectivity index (χ2v) is 9.42. The van der Waals surface area contributed by atoms with Gasteiger partial charge in [0.2, 0.25) is 5.91 Å². The Morgan fingerprint density at radius 3 is 2.62 bits per heavy atom. The number of nitrogens with one attached hydrogen (secondary N) is 1. The molecule has 0 aliphatic carbocycles. The molecule has 3 aromatic carbocycles. The summed E-state index contributed by atoms with van der Waals surface area (Å²) in [6.45, 7) is 0.571. The van der Waals surface area contributed by atoms with Crippen LogP contribution in [0.5, 0.6) is 0 Å². The van der Waals surface area contributed by atoms with Gasteiger partial charge in [-0.1, -0.05) is 47.7 Å². The summed E-state index contributed by atoms with van der Waals surface area (Å²) in [5.41, 5.74) is 3.81. The number of carbonyl (C=O) groups is 2. The zero-order valence-corrected chi connectivity index (χ0v) is 20.3. The fraction of sp³-hybridized carbons (Fsp3) is 0.286. The topological polar surface area (TPSA) is 100 Å². The number of hydrogen-bond acceptors (Lipinski definition) is 5. The number of amides is 2. The molecule has 5 rings (SSSR count). The molecule has 0 radical (unpaired) electrons. The van der Waals surface area contributed by atoms with Crippen LogP contribution in [0.15, 0.2) is 72.9 Å². The van der Waals surface area contributed by atoms with Gasteiger partial charge in [0.05, 0.1) is 24.7 Å². The Hall–Kier alpha value is -4.11. The van der Waals surface area contributed by atoms with E-state index in [0.29, 0.717) is 24.2 Å². The molecule has 2 N–H and O–H groups in total. The van der Waals surface area contributed by atoms with Crippen LogP contribution in [0.25, 0.3) is 10.8 Å². The van der Waals surface area contributed by atoms with E-state index in [-0.39, 0.29) is 30.2 Å². The predicted octanol–water partition coefficient (Wildman–Crippen LogP) is 4.62.